The summed E-state index contributed by atoms with van der Waals surface area (Å²) >= 11 is 0. The van der Waals surface area contributed by atoms with Crippen LogP contribution in [0.3, 0.4) is 0 Å². The van der Waals surface area contributed by atoms with Crippen LogP contribution in [0.1, 0.15) is 30.9 Å². The summed E-state index contributed by atoms with van der Waals surface area (Å²) in [6.45, 7) is 4.11. The van der Waals surface area contributed by atoms with Crippen LogP contribution in [-0.2, 0) is 6.42 Å². The molecule has 0 fully saturated rings. The zero-order valence-corrected chi connectivity index (χ0v) is 12.1. The van der Waals surface area contributed by atoms with Gasteiger partial charge < -0.3 is 10.7 Å². The number of nitriles is 1. The normalized spacial score (nSPS) is 10.2. The molecule has 0 bridgehead atoms. The number of benzene rings is 1. The van der Waals surface area contributed by atoms with Crippen LogP contribution in [0, 0.1) is 11.3 Å². The zero-order chi connectivity index (χ0) is 15.2. The van der Waals surface area contributed by atoms with Gasteiger partial charge in [-0.15, -0.1) is 0 Å². The number of aromatic nitrogens is 2. The second-order valence-electron chi connectivity index (χ2n) is 4.94. The molecule has 0 atom stereocenters. The number of nitrogens with one attached hydrogen (secondary N) is 2. The average Bonchev–Trinajstić information content (AvgIpc) is 2.49. The molecule has 0 aliphatic rings. The number of nitrogens with zero attached hydrogens (tertiary/aromatic N) is 3. The summed E-state index contributed by atoms with van der Waals surface area (Å²) in [4.78, 5) is 8.43. The Morgan fingerprint density at radius 3 is 2.43 bits per heavy atom. The Labute approximate surface area is 124 Å². The Morgan fingerprint density at radius 2 is 1.86 bits per heavy atom. The fourth-order valence-corrected chi connectivity index (χ4v) is 2.09. The van der Waals surface area contributed by atoms with Crippen LogP contribution in [0.2, 0.25) is 0 Å². The smallest absolute Gasteiger partial charge is 0.148 e. The first-order valence-corrected chi connectivity index (χ1v) is 6.70. The minimum absolute atomic E-state index is 0.220. The predicted molar refractivity (Wildman–Crippen MR) is 83.0 cm³/mol. The number of hydrazine groups is 1. The molecule has 6 nitrogen and oxygen atoms in total. The molecule has 4 N–H and O–H groups in total. The first kappa shape index (κ1) is 14.8. The molecular weight excluding hydrogens is 264 g/mol. The van der Waals surface area contributed by atoms with Gasteiger partial charge >= 0.3 is 0 Å². The minimum Gasteiger partial charge on any atom is -0.340 e. The molecule has 21 heavy (non-hydrogen) atoms. The van der Waals surface area contributed by atoms with E-state index in [1.165, 1.54) is 6.33 Å². The summed E-state index contributed by atoms with van der Waals surface area (Å²) in [5.74, 6) is 7.06. The lowest BCUT2D eigenvalue weighted by molar-refractivity contribution is 0.850. The van der Waals surface area contributed by atoms with E-state index in [9.17, 15) is 0 Å². The molecule has 0 radical (unpaired) electrons. The number of nitrogens with two attached hydrogens (primary N) is 1. The molecule has 1 aromatic carbocycles. The Bertz CT molecular complexity index is 642. The maximum absolute atomic E-state index is 8.68. The van der Waals surface area contributed by atoms with E-state index in [1.54, 1.807) is 0 Å². The molecule has 0 aliphatic heterocycles. The van der Waals surface area contributed by atoms with Crippen LogP contribution in [0.15, 0.2) is 30.6 Å². The molecule has 1 heterocycles. The van der Waals surface area contributed by atoms with E-state index in [2.05, 4.69) is 40.6 Å². The molecule has 6 heteroatoms. The summed E-state index contributed by atoms with van der Waals surface area (Å²) in [5, 5.41) is 11.9. The highest BCUT2D eigenvalue weighted by molar-refractivity contribution is 5.65. The van der Waals surface area contributed by atoms with E-state index in [0.29, 0.717) is 12.2 Å². The van der Waals surface area contributed by atoms with Crippen LogP contribution in [0.4, 0.5) is 17.3 Å². The zero-order valence-electron chi connectivity index (χ0n) is 12.1. The van der Waals surface area contributed by atoms with Gasteiger partial charge in [0.1, 0.15) is 18.0 Å². The van der Waals surface area contributed by atoms with Gasteiger partial charge in [0, 0.05) is 11.3 Å². The number of hydrogen-bond acceptors (Lipinski definition) is 6. The highest BCUT2D eigenvalue weighted by Gasteiger charge is 2.14. The summed E-state index contributed by atoms with van der Waals surface area (Å²) < 4.78 is 0. The minimum atomic E-state index is 0.220. The van der Waals surface area contributed by atoms with Gasteiger partial charge in [-0.05, 0) is 23.6 Å². The Hall–Kier alpha value is -2.65. The van der Waals surface area contributed by atoms with Crippen molar-refractivity contribution in [3.8, 4) is 6.07 Å². The summed E-state index contributed by atoms with van der Waals surface area (Å²) in [7, 11) is 0. The van der Waals surface area contributed by atoms with Crippen molar-refractivity contribution in [3.05, 3.63) is 41.7 Å². The van der Waals surface area contributed by atoms with E-state index >= 15 is 0 Å². The van der Waals surface area contributed by atoms with Crippen molar-refractivity contribution in [3.63, 3.8) is 0 Å². The molecule has 0 unspecified atom stereocenters. The van der Waals surface area contributed by atoms with E-state index < -0.39 is 0 Å². The van der Waals surface area contributed by atoms with Crippen molar-refractivity contribution in [2.45, 2.75) is 26.2 Å². The van der Waals surface area contributed by atoms with Crippen LogP contribution in [-0.4, -0.2) is 9.97 Å². The Balaban J connectivity index is 2.29. The van der Waals surface area contributed by atoms with E-state index in [0.717, 1.165) is 22.6 Å². The molecule has 0 spiro atoms. The lowest BCUT2D eigenvalue weighted by atomic mass is 10.0. The van der Waals surface area contributed by atoms with Crippen LogP contribution in [0.5, 0.6) is 0 Å². The van der Waals surface area contributed by atoms with Gasteiger partial charge in [0.05, 0.1) is 12.5 Å². The molecule has 108 valence electrons. The molecule has 2 rings (SSSR count). The third-order valence-electron chi connectivity index (χ3n) is 3.10. The summed E-state index contributed by atoms with van der Waals surface area (Å²) in [6.07, 6.45) is 1.87. The third-order valence-corrected chi connectivity index (χ3v) is 3.10. The van der Waals surface area contributed by atoms with Gasteiger partial charge in [0.2, 0.25) is 0 Å². The number of hydrogen-bond donors (Lipinski definition) is 3. The largest absolute Gasteiger partial charge is 0.340 e. The molecule has 2 aromatic rings. The lowest BCUT2D eigenvalue weighted by Gasteiger charge is -2.16. The van der Waals surface area contributed by atoms with E-state index in [-0.39, 0.29) is 5.92 Å². The fourth-order valence-electron chi connectivity index (χ4n) is 2.09. The Kier molecular flexibility index (Phi) is 4.69. The molecule has 0 amide bonds. The maximum atomic E-state index is 8.68. The lowest BCUT2D eigenvalue weighted by Crippen LogP contribution is -2.14. The van der Waals surface area contributed by atoms with Crippen LogP contribution in [0.25, 0.3) is 0 Å². The number of rotatable bonds is 5. The van der Waals surface area contributed by atoms with Crippen LogP contribution >= 0.6 is 0 Å². The van der Waals surface area contributed by atoms with Crippen molar-refractivity contribution in [1.29, 1.82) is 5.26 Å². The monoisotopic (exact) mass is 282 g/mol. The maximum Gasteiger partial charge on any atom is 0.148 e. The molecular formula is C15H18N6. The Morgan fingerprint density at radius 1 is 1.19 bits per heavy atom. The second-order valence-corrected chi connectivity index (χ2v) is 4.94. The van der Waals surface area contributed by atoms with Gasteiger partial charge in [-0.25, -0.2) is 15.8 Å². The first-order chi connectivity index (χ1) is 10.2. The van der Waals surface area contributed by atoms with Gasteiger partial charge in [0.25, 0.3) is 0 Å². The number of nitrogen functional groups attached to an aromatic ring is 1. The highest BCUT2D eigenvalue weighted by Crippen LogP contribution is 2.29. The van der Waals surface area contributed by atoms with Gasteiger partial charge in [0.15, 0.2) is 0 Å². The van der Waals surface area contributed by atoms with Gasteiger partial charge in [-0.1, -0.05) is 26.0 Å². The van der Waals surface area contributed by atoms with Crippen molar-refractivity contribution in [1.82, 2.24) is 9.97 Å². The van der Waals surface area contributed by atoms with Crippen molar-refractivity contribution in [2.75, 3.05) is 10.7 Å². The van der Waals surface area contributed by atoms with Gasteiger partial charge in [-0.3, -0.25) is 0 Å². The molecule has 0 aliphatic carbocycles. The number of anilines is 3. The fraction of sp³-hybridized carbons (Fsp3) is 0.267. The third kappa shape index (κ3) is 3.46. The first-order valence-electron chi connectivity index (χ1n) is 6.70. The molecule has 1 aromatic heterocycles. The van der Waals surface area contributed by atoms with Crippen LogP contribution < -0.4 is 16.6 Å². The van der Waals surface area contributed by atoms with E-state index in [4.69, 9.17) is 11.1 Å². The second kappa shape index (κ2) is 6.68. The molecule has 0 saturated carbocycles. The SMILES string of the molecule is CC(C)c1c(NN)ncnc1Nc1ccc(CC#N)cc1. The molecule has 0 saturated heterocycles. The quantitative estimate of drug-likeness (QED) is 0.576. The summed E-state index contributed by atoms with van der Waals surface area (Å²) in [5.41, 5.74) is 5.42. The highest BCUT2D eigenvalue weighted by atomic mass is 15.3. The average molecular weight is 282 g/mol. The summed E-state index contributed by atoms with van der Waals surface area (Å²) in [6, 6.07) is 9.82. The van der Waals surface area contributed by atoms with Gasteiger partial charge in [-0.2, -0.15) is 5.26 Å². The standard InChI is InChI=1S/C15H18N6/c1-10(2)13-14(18-9-19-15(13)21-17)20-12-5-3-11(4-6-12)7-8-16/h3-6,9-10H,7,17H2,1-2H3,(H2,18,19,20,21). The van der Waals surface area contributed by atoms with Crippen molar-refractivity contribution >= 4 is 17.3 Å². The predicted octanol–water partition coefficient (Wildman–Crippen LogP) is 2.70. The van der Waals surface area contributed by atoms with E-state index in [1.807, 2.05) is 24.3 Å². The van der Waals surface area contributed by atoms with Crippen molar-refractivity contribution < 1.29 is 0 Å². The topological polar surface area (TPSA) is 99.7 Å². The van der Waals surface area contributed by atoms with Crippen molar-refractivity contribution in [2.24, 2.45) is 5.84 Å².